The third kappa shape index (κ3) is 4.61. The molecule has 4 heterocycles. The zero-order chi connectivity index (χ0) is 27.1. The van der Waals surface area contributed by atoms with Gasteiger partial charge in [0.1, 0.15) is 23.2 Å². The molecule has 0 spiro atoms. The lowest BCUT2D eigenvalue weighted by Gasteiger charge is -2.31. The highest BCUT2D eigenvalue weighted by Gasteiger charge is 2.40. The highest BCUT2D eigenvalue weighted by molar-refractivity contribution is 7.14. The van der Waals surface area contributed by atoms with Crippen molar-refractivity contribution in [3.8, 4) is 16.3 Å². The quantitative estimate of drug-likeness (QED) is 0.366. The van der Waals surface area contributed by atoms with E-state index >= 15 is 0 Å². The van der Waals surface area contributed by atoms with Crippen molar-refractivity contribution in [2.24, 2.45) is 0 Å². The van der Waals surface area contributed by atoms with Gasteiger partial charge in [0.2, 0.25) is 5.43 Å². The normalized spacial score (nSPS) is 18.8. The summed E-state index contributed by atoms with van der Waals surface area (Å²) in [5, 5.41) is 12.3. The first-order valence-electron chi connectivity index (χ1n) is 12.6. The van der Waals surface area contributed by atoms with E-state index < -0.39 is 28.9 Å². The number of aromatic nitrogens is 3. The van der Waals surface area contributed by atoms with Crippen LogP contribution < -0.4 is 15.5 Å². The Morgan fingerprint density at radius 3 is 2.74 bits per heavy atom. The first kappa shape index (κ1) is 25.3. The second-order valence-corrected chi connectivity index (χ2v) is 10.5. The molecule has 8 nitrogen and oxygen atoms in total. The Morgan fingerprint density at radius 1 is 1.15 bits per heavy atom. The molecule has 0 radical (unpaired) electrons. The van der Waals surface area contributed by atoms with Crippen LogP contribution >= 0.6 is 11.3 Å². The highest BCUT2D eigenvalue weighted by atomic mass is 32.1. The van der Waals surface area contributed by atoms with Crippen LogP contribution in [0.25, 0.3) is 10.6 Å². The fourth-order valence-corrected chi connectivity index (χ4v) is 6.15. The second kappa shape index (κ2) is 10.3. The molecule has 1 saturated heterocycles. The summed E-state index contributed by atoms with van der Waals surface area (Å²) in [5.74, 6) is -2.28. The summed E-state index contributed by atoms with van der Waals surface area (Å²) in [7, 11) is 0. The van der Waals surface area contributed by atoms with Crippen LogP contribution in [0.5, 0.6) is 5.75 Å². The molecule has 1 amide bonds. The smallest absolute Gasteiger partial charge is 0.272 e. The molecule has 6 rings (SSSR count). The van der Waals surface area contributed by atoms with Gasteiger partial charge in [-0.15, -0.1) is 10.2 Å². The molecule has 4 aromatic rings. The summed E-state index contributed by atoms with van der Waals surface area (Å²) in [6.07, 6.45) is 2.11. The van der Waals surface area contributed by atoms with Crippen molar-refractivity contribution in [2.45, 2.75) is 38.0 Å². The lowest BCUT2D eigenvalue weighted by molar-refractivity contribution is 0.0883. The standard InChI is InChI=1S/C28H24F2N4O4S/c1-2-17(18-9-8-16(29)10-20(18)30)27-32-33-28(39-27)19-11-34-22-14-37-13-21(22)31-26(36)23(34)25(24(19)35)38-12-15-6-4-3-5-7-15/h3-11,17,21-22H,2,12-14H2,1H3,(H,31,36)/t17?,21-,22+/m0/s1. The number of nitrogens with one attached hydrogen (secondary N) is 1. The van der Waals surface area contributed by atoms with E-state index in [0.29, 0.717) is 35.2 Å². The number of halogens is 2. The van der Waals surface area contributed by atoms with Gasteiger partial charge in [0.15, 0.2) is 16.5 Å². The molecule has 1 unspecified atom stereocenters. The number of pyridine rings is 1. The van der Waals surface area contributed by atoms with Crippen molar-refractivity contribution in [2.75, 3.05) is 13.2 Å². The fourth-order valence-electron chi connectivity index (χ4n) is 5.09. The van der Waals surface area contributed by atoms with Gasteiger partial charge in [-0.3, -0.25) is 9.59 Å². The largest absolute Gasteiger partial charge is 0.483 e. The van der Waals surface area contributed by atoms with Gasteiger partial charge >= 0.3 is 0 Å². The number of rotatable bonds is 7. The van der Waals surface area contributed by atoms with Gasteiger partial charge in [-0.05, 0) is 23.6 Å². The maximum atomic E-state index is 14.6. The Balaban J connectivity index is 1.44. The number of carbonyl (C=O) groups is 1. The number of hydrogen-bond acceptors (Lipinski definition) is 7. The van der Waals surface area contributed by atoms with Crippen molar-refractivity contribution >= 4 is 17.2 Å². The molecule has 200 valence electrons. The molecule has 39 heavy (non-hydrogen) atoms. The van der Waals surface area contributed by atoms with Crippen LogP contribution in [0, 0.1) is 11.6 Å². The van der Waals surface area contributed by atoms with Crippen molar-refractivity contribution in [3.63, 3.8) is 0 Å². The summed E-state index contributed by atoms with van der Waals surface area (Å²) in [6.45, 7) is 2.69. The van der Waals surface area contributed by atoms with Gasteiger partial charge in [0.25, 0.3) is 5.91 Å². The summed E-state index contributed by atoms with van der Waals surface area (Å²) >= 11 is 1.16. The van der Waals surface area contributed by atoms with Gasteiger partial charge in [0.05, 0.1) is 30.9 Å². The number of hydrogen-bond donors (Lipinski definition) is 1. The molecule has 11 heteroatoms. The Kier molecular flexibility index (Phi) is 6.69. The molecule has 2 aliphatic heterocycles. The summed E-state index contributed by atoms with van der Waals surface area (Å²) in [6, 6.07) is 12.3. The number of ether oxygens (including phenoxy) is 2. The van der Waals surface area contributed by atoms with Crippen molar-refractivity contribution in [1.29, 1.82) is 0 Å². The van der Waals surface area contributed by atoms with Crippen LogP contribution in [0.1, 0.15) is 51.9 Å². The first-order chi connectivity index (χ1) is 18.9. The average molecular weight is 551 g/mol. The average Bonchev–Trinajstić information content (AvgIpc) is 3.60. The van der Waals surface area contributed by atoms with Crippen LogP contribution in [0.15, 0.2) is 59.5 Å². The molecule has 3 atom stereocenters. The van der Waals surface area contributed by atoms with E-state index in [9.17, 15) is 18.4 Å². The number of fused-ring (bicyclic) bond motifs is 3. The number of nitrogens with zero attached hydrogens (tertiary/aromatic N) is 3. The SMILES string of the molecule is CCC(c1nnc(-c2cn3c(c(OCc4ccccc4)c2=O)C(=O)N[C@H]2COC[C@H]23)s1)c1ccc(F)cc1F. The van der Waals surface area contributed by atoms with Gasteiger partial charge < -0.3 is 19.4 Å². The maximum Gasteiger partial charge on any atom is 0.272 e. The molecule has 0 saturated carbocycles. The van der Waals surface area contributed by atoms with Crippen LogP contribution in [-0.2, 0) is 11.3 Å². The lowest BCUT2D eigenvalue weighted by Crippen LogP contribution is -2.48. The van der Waals surface area contributed by atoms with Gasteiger partial charge in [0, 0.05) is 18.2 Å². The third-order valence-corrected chi connectivity index (χ3v) is 8.14. The van der Waals surface area contributed by atoms with Crippen LogP contribution in [0.4, 0.5) is 8.78 Å². The van der Waals surface area contributed by atoms with Crippen LogP contribution in [-0.4, -0.2) is 39.9 Å². The Bertz CT molecular complexity index is 1610. The van der Waals surface area contributed by atoms with Crippen LogP contribution in [0.2, 0.25) is 0 Å². The molecule has 1 fully saturated rings. The summed E-state index contributed by atoms with van der Waals surface area (Å²) in [5.41, 5.74) is 1.01. The number of amides is 1. The molecule has 0 aliphatic carbocycles. The molecule has 2 aromatic carbocycles. The van der Waals surface area contributed by atoms with Crippen molar-refractivity contribution in [3.05, 3.63) is 98.4 Å². The topological polar surface area (TPSA) is 95.3 Å². The zero-order valence-electron chi connectivity index (χ0n) is 20.9. The Morgan fingerprint density at radius 2 is 1.97 bits per heavy atom. The number of benzene rings is 2. The molecular formula is C28H24F2N4O4S. The minimum absolute atomic E-state index is 0.0763. The predicted molar refractivity (Wildman–Crippen MR) is 140 cm³/mol. The lowest BCUT2D eigenvalue weighted by atomic mass is 9.97. The van der Waals surface area contributed by atoms with E-state index in [-0.39, 0.29) is 35.7 Å². The molecule has 1 N–H and O–H groups in total. The highest BCUT2D eigenvalue weighted by Crippen LogP contribution is 2.36. The second-order valence-electron chi connectivity index (χ2n) is 9.49. The molecular weight excluding hydrogens is 526 g/mol. The van der Waals surface area contributed by atoms with E-state index in [1.54, 1.807) is 10.8 Å². The number of carbonyl (C=O) groups excluding carboxylic acids is 1. The van der Waals surface area contributed by atoms with E-state index in [2.05, 4.69) is 15.5 Å². The molecule has 2 aliphatic rings. The van der Waals surface area contributed by atoms with E-state index in [1.165, 1.54) is 12.1 Å². The Hall–Kier alpha value is -3.96. The third-order valence-electron chi connectivity index (χ3n) is 7.07. The summed E-state index contributed by atoms with van der Waals surface area (Å²) in [4.78, 5) is 26.9. The Labute approximate surface area is 226 Å². The predicted octanol–water partition coefficient (Wildman–Crippen LogP) is 4.45. The summed E-state index contributed by atoms with van der Waals surface area (Å²) < 4.78 is 41.5. The molecule has 0 bridgehead atoms. The first-order valence-corrected chi connectivity index (χ1v) is 13.4. The minimum atomic E-state index is -0.665. The molecule has 2 aromatic heterocycles. The monoisotopic (exact) mass is 550 g/mol. The van der Waals surface area contributed by atoms with Crippen molar-refractivity contribution < 1.29 is 23.0 Å². The van der Waals surface area contributed by atoms with Gasteiger partial charge in [-0.2, -0.15) is 0 Å². The van der Waals surface area contributed by atoms with E-state index in [4.69, 9.17) is 9.47 Å². The van der Waals surface area contributed by atoms with E-state index in [1.807, 2.05) is 37.3 Å². The fraction of sp³-hybridized carbons (Fsp3) is 0.286. The minimum Gasteiger partial charge on any atom is -0.483 e. The van der Waals surface area contributed by atoms with E-state index in [0.717, 1.165) is 23.0 Å². The zero-order valence-corrected chi connectivity index (χ0v) is 21.7. The van der Waals surface area contributed by atoms with Gasteiger partial charge in [-0.25, -0.2) is 8.78 Å². The maximum absolute atomic E-state index is 14.6. The van der Waals surface area contributed by atoms with Gasteiger partial charge in [-0.1, -0.05) is 54.7 Å². The van der Waals surface area contributed by atoms with Crippen LogP contribution in [0.3, 0.4) is 0 Å². The van der Waals surface area contributed by atoms with Crippen molar-refractivity contribution in [1.82, 2.24) is 20.1 Å².